The molecule has 0 amide bonds. The van der Waals surface area contributed by atoms with E-state index >= 15 is 0 Å². The van der Waals surface area contributed by atoms with E-state index in [1.165, 1.54) is 0 Å². The van der Waals surface area contributed by atoms with Crippen LogP contribution in [-0.2, 0) is 6.54 Å². The van der Waals surface area contributed by atoms with Gasteiger partial charge in [0.2, 0.25) is 0 Å². The van der Waals surface area contributed by atoms with E-state index in [9.17, 15) is 5.11 Å². The van der Waals surface area contributed by atoms with Crippen LogP contribution in [0.4, 0.5) is 5.82 Å². The Morgan fingerprint density at radius 3 is 2.86 bits per heavy atom. The zero-order valence-electron chi connectivity index (χ0n) is 11.3. The van der Waals surface area contributed by atoms with E-state index < -0.39 is 6.23 Å². The molecule has 0 fully saturated rings. The highest BCUT2D eigenvalue weighted by atomic mass is 16.5. The van der Waals surface area contributed by atoms with E-state index in [1.54, 1.807) is 4.90 Å². The largest absolute Gasteiger partial charge is 0.488 e. The van der Waals surface area contributed by atoms with Crippen LogP contribution in [0.25, 0.3) is 11.0 Å². The molecule has 3 aromatic rings. The Labute approximate surface area is 121 Å². The van der Waals surface area contributed by atoms with Gasteiger partial charge in [-0.1, -0.05) is 41.6 Å². The van der Waals surface area contributed by atoms with Crippen molar-refractivity contribution in [1.82, 2.24) is 5.16 Å². The Kier molecular flexibility index (Phi) is 2.79. The molecular formula is C16H14N2O3. The number of nitrogens with zero attached hydrogens (tertiary/aromatic N) is 2. The predicted molar refractivity (Wildman–Crippen MR) is 78.1 cm³/mol. The van der Waals surface area contributed by atoms with Crippen molar-refractivity contribution in [3.8, 4) is 5.75 Å². The third kappa shape index (κ3) is 2.02. The molecule has 106 valence electrons. The Morgan fingerprint density at radius 1 is 1.14 bits per heavy atom. The quantitative estimate of drug-likeness (QED) is 0.782. The van der Waals surface area contributed by atoms with Gasteiger partial charge in [-0.3, -0.25) is 0 Å². The molecule has 1 aliphatic rings. The van der Waals surface area contributed by atoms with Gasteiger partial charge in [0.05, 0.1) is 0 Å². The molecule has 1 atom stereocenters. The Bertz CT molecular complexity index is 770. The van der Waals surface area contributed by atoms with Crippen molar-refractivity contribution in [3.63, 3.8) is 0 Å². The first-order valence-corrected chi connectivity index (χ1v) is 6.83. The predicted octanol–water partition coefficient (Wildman–Crippen LogP) is 2.55. The zero-order valence-corrected chi connectivity index (χ0v) is 11.3. The fourth-order valence-electron chi connectivity index (χ4n) is 2.62. The summed E-state index contributed by atoms with van der Waals surface area (Å²) in [4.78, 5) is 1.80. The maximum absolute atomic E-state index is 10.4. The van der Waals surface area contributed by atoms with Gasteiger partial charge in [-0.15, -0.1) is 0 Å². The van der Waals surface area contributed by atoms with Crippen LogP contribution in [0.3, 0.4) is 0 Å². The van der Waals surface area contributed by atoms with Crippen molar-refractivity contribution in [2.75, 3.05) is 11.5 Å². The van der Waals surface area contributed by atoms with Crippen molar-refractivity contribution in [2.24, 2.45) is 0 Å². The second-order valence-electron chi connectivity index (χ2n) is 5.04. The van der Waals surface area contributed by atoms with Crippen LogP contribution in [0.1, 0.15) is 5.56 Å². The Hall–Kier alpha value is -2.53. The van der Waals surface area contributed by atoms with Gasteiger partial charge in [0.1, 0.15) is 17.7 Å². The molecule has 5 heteroatoms. The summed E-state index contributed by atoms with van der Waals surface area (Å²) in [7, 11) is 0. The average Bonchev–Trinajstić information content (AvgIpc) is 2.90. The first-order chi connectivity index (χ1) is 10.3. The number of rotatable bonds is 2. The van der Waals surface area contributed by atoms with Crippen LogP contribution in [0.15, 0.2) is 53.1 Å². The second-order valence-corrected chi connectivity index (χ2v) is 5.04. The minimum Gasteiger partial charge on any atom is -0.488 e. The summed E-state index contributed by atoms with van der Waals surface area (Å²) in [5.74, 6) is 1.31. The third-order valence-corrected chi connectivity index (χ3v) is 3.66. The van der Waals surface area contributed by atoms with Crippen LogP contribution in [-0.4, -0.2) is 23.1 Å². The smallest absolute Gasteiger partial charge is 0.186 e. The topological polar surface area (TPSA) is 58.7 Å². The van der Waals surface area contributed by atoms with Crippen LogP contribution in [0.2, 0.25) is 0 Å². The molecule has 0 bridgehead atoms. The summed E-state index contributed by atoms with van der Waals surface area (Å²) in [6.45, 7) is 0.740. The summed E-state index contributed by atoms with van der Waals surface area (Å²) in [5.41, 5.74) is 1.75. The van der Waals surface area contributed by atoms with Crippen LogP contribution in [0.5, 0.6) is 5.75 Å². The van der Waals surface area contributed by atoms with E-state index in [1.807, 2.05) is 48.5 Å². The van der Waals surface area contributed by atoms with Gasteiger partial charge in [-0.25, -0.2) is 0 Å². The summed E-state index contributed by atoms with van der Waals surface area (Å²) >= 11 is 0. The number of aliphatic hydroxyl groups is 1. The van der Waals surface area contributed by atoms with Gasteiger partial charge in [-0.2, -0.15) is 0 Å². The second kappa shape index (κ2) is 4.79. The molecule has 1 aromatic heterocycles. The molecule has 1 aliphatic heterocycles. The average molecular weight is 282 g/mol. The van der Waals surface area contributed by atoms with Crippen LogP contribution >= 0.6 is 0 Å². The molecule has 2 heterocycles. The zero-order chi connectivity index (χ0) is 14.2. The maximum Gasteiger partial charge on any atom is 0.186 e. The normalized spacial score (nSPS) is 17.6. The van der Waals surface area contributed by atoms with Crippen molar-refractivity contribution < 1.29 is 14.4 Å². The highest BCUT2D eigenvalue weighted by molar-refractivity contribution is 5.94. The number of hydrogen-bond donors (Lipinski definition) is 1. The molecule has 5 nitrogen and oxygen atoms in total. The van der Waals surface area contributed by atoms with E-state index in [2.05, 4.69) is 5.16 Å². The molecular weight excluding hydrogens is 268 g/mol. The minimum absolute atomic E-state index is 0.197. The molecule has 4 rings (SSSR count). The maximum atomic E-state index is 10.4. The highest BCUT2D eigenvalue weighted by Crippen LogP contribution is 2.37. The van der Waals surface area contributed by atoms with Crippen LogP contribution in [0, 0.1) is 0 Å². The van der Waals surface area contributed by atoms with Crippen molar-refractivity contribution in [3.05, 3.63) is 54.1 Å². The van der Waals surface area contributed by atoms with Gasteiger partial charge in [0, 0.05) is 6.54 Å². The van der Waals surface area contributed by atoms with Crippen molar-refractivity contribution >= 4 is 16.8 Å². The van der Waals surface area contributed by atoms with Crippen molar-refractivity contribution in [2.45, 2.75) is 12.8 Å². The van der Waals surface area contributed by atoms with Crippen LogP contribution < -0.4 is 9.64 Å². The van der Waals surface area contributed by atoms with Gasteiger partial charge >= 0.3 is 0 Å². The van der Waals surface area contributed by atoms with Gasteiger partial charge in [-0.05, 0) is 17.7 Å². The SMILES string of the molecule is OC1COc2cccc3onc(c23)N1Cc1ccccc1. The number of benzene rings is 2. The molecule has 0 aliphatic carbocycles. The standard InChI is InChI=1S/C16H14N2O3/c19-14-10-20-12-7-4-8-13-15(12)16(17-21-13)18(14)9-11-5-2-1-3-6-11/h1-8,14,19H,9-10H2. The monoisotopic (exact) mass is 282 g/mol. The number of anilines is 1. The van der Waals surface area contributed by atoms with Gasteiger partial charge < -0.3 is 19.3 Å². The lowest BCUT2D eigenvalue weighted by Gasteiger charge is -2.25. The summed E-state index contributed by atoms with van der Waals surface area (Å²) in [5, 5.41) is 15.3. The lowest BCUT2D eigenvalue weighted by molar-refractivity contribution is 0.104. The lowest BCUT2D eigenvalue weighted by Crippen LogP contribution is -2.38. The van der Waals surface area contributed by atoms with Gasteiger partial charge in [0.25, 0.3) is 0 Å². The number of hydrogen-bond acceptors (Lipinski definition) is 5. The molecule has 21 heavy (non-hydrogen) atoms. The molecule has 0 saturated carbocycles. The van der Waals surface area contributed by atoms with Gasteiger partial charge in [0.15, 0.2) is 17.6 Å². The fraction of sp³-hybridized carbons (Fsp3) is 0.188. The Balaban J connectivity index is 1.81. The minimum atomic E-state index is -0.772. The molecule has 1 N–H and O–H groups in total. The number of ether oxygens (including phenoxy) is 1. The van der Waals surface area contributed by atoms with E-state index in [0.29, 0.717) is 23.7 Å². The van der Waals surface area contributed by atoms with Crippen molar-refractivity contribution in [1.29, 1.82) is 0 Å². The fourth-order valence-corrected chi connectivity index (χ4v) is 2.62. The number of aliphatic hydroxyl groups excluding tert-OH is 1. The summed E-state index contributed by atoms with van der Waals surface area (Å²) < 4.78 is 11.0. The van der Waals surface area contributed by atoms with E-state index in [-0.39, 0.29) is 6.61 Å². The highest BCUT2D eigenvalue weighted by Gasteiger charge is 2.28. The molecule has 1 unspecified atom stereocenters. The first kappa shape index (κ1) is 12.2. The first-order valence-electron chi connectivity index (χ1n) is 6.83. The van der Waals surface area contributed by atoms with E-state index in [4.69, 9.17) is 9.26 Å². The number of aromatic nitrogens is 1. The molecule has 0 saturated heterocycles. The molecule has 0 radical (unpaired) electrons. The summed E-state index contributed by atoms with van der Waals surface area (Å²) in [6.07, 6.45) is -0.772. The lowest BCUT2D eigenvalue weighted by atomic mass is 10.2. The third-order valence-electron chi connectivity index (χ3n) is 3.66. The molecule has 0 spiro atoms. The molecule has 2 aromatic carbocycles. The Morgan fingerprint density at radius 2 is 2.00 bits per heavy atom. The van der Waals surface area contributed by atoms with E-state index in [0.717, 1.165) is 10.9 Å². The summed E-state index contributed by atoms with van der Waals surface area (Å²) in [6, 6.07) is 15.5.